The smallest absolute Gasteiger partial charge is 0.141 e. The molecular weight excluding hydrogens is 190 g/mol. The van der Waals surface area contributed by atoms with Gasteiger partial charge < -0.3 is 16.2 Å². The largest absolute Gasteiger partial charge is 0.506 e. The van der Waals surface area contributed by atoms with Gasteiger partial charge >= 0.3 is 0 Å². The number of anilines is 3. The molecule has 0 fully saturated rings. The number of nitrogen functional groups attached to an aromatic ring is 1. The Bertz CT molecular complexity index is 436. The van der Waals surface area contributed by atoms with E-state index in [1.54, 1.807) is 30.5 Å². The second-order valence-corrected chi connectivity index (χ2v) is 3.08. The van der Waals surface area contributed by atoms with E-state index in [0.717, 1.165) is 0 Å². The second kappa shape index (κ2) is 3.88. The van der Waals surface area contributed by atoms with E-state index >= 15 is 0 Å². The third-order valence-corrected chi connectivity index (χ3v) is 1.99. The maximum Gasteiger partial charge on any atom is 0.141 e. The van der Waals surface area contributed by atoms with Crippen molar-refractivity contribution in [3.8, 4) is 5.75 Å². The summed E-state index contributed by atoms with van der Waals surface area (Å²) in [5.74, 6) is 0.756. The van der Waals surface area contributed by atoms with Gasteiger partial charge in [-0.25, -0.2) is 4.98 Å². The quantitative estimate of drug-likeness (QED) is 0.514. The summed E-state index contributed by atoms with van der Waals surface area (Å²) in [6.07, 6.45) is 1.67. The van der Waals surface area contributed by atoms with Crippen LogP contribution in [0.3, 0.4) is 0 Å². The number of hydrogen-bond acceptors (Lipinski definition) is 4. The molecule has 1 aromatic carbocycles. The van der Waals surface area contributed by atoms with Crippen LogP contribution in [0, 0.1) is 0 Å². The number of hydrogen-bond donors (Lipinski definition) is 3. The number of phenols is 1. The van der Waals surface area contributed by atoms with Gasteiger partial charge in [0, 0.05) is 6.20 Å². The summed E-state index contributed by atoms with van der Waals surface area (Å²) in [4.78, 5) is 4.08. The fourth-order valence-electron chi connectivity index (χ4n) is 1.26. The number of nitrogens with one attached hydrogen (secondary N) is 1. The third-order valence-electron chi connectivity index (χ3n) is 1.99. The number of nitrogens with two attached hydrogens (primary N) is 1. The van der Waals surface area contributed by atoms with Crippen molar-refractivity contribution in [3.63, 3.8) is 0 Å². The van der Waals surface area contributed by atoms with Crippen LogP contribution in [-0.4, -0.2) is 10.1 Å². The first kappa shape index (κ1) is 9.33. The molecule has 4 N–H and O–H groups in total. The zero-order valence-corrected chi connectivity index (χ0v) is 8.01. The number of para-hydroxylation sites is 1. The van der Waals surface area contributed by atoms with Gasteiger partial charge in [-0.15, -0.1) is 0 Å². The number of pyridine rings is 1. The van der Waals surface area contributed by atoms with Crippen LogP contribution in [0.1, 0.15) is 0 Å². The van der Waals surface area contributed by atoms with Gasteiger partial charge in [-0.1, -0.05) is 12.1 Å². The van der Waals surface area contributed by atoms with E-state index in [4.69, 9.17) is 5.73 Å². The van der Waals surface area contributed by atoms with E-state index in [2.05, 4.69) is 10.3 Å². The summed E-state index contributed by atoms with van der Waals surface area (Å²) >= 11 is 0. The van der Waals surface area contributed by atoms with E-state index in [-0.39, 0.29) is 5.75 Å². The molecule has 0 atom stereocenters. The maximum atomic E-state index is 9.58. The molecule has 0 aliphatic heterocycles. The minimum absolute atomic E-state index is 0.112. The van der Waals surface area contributed by atoms with Crippen molar-refractivity contribution < 1.29 is 5.11 Å². The molecule has 0 saturated carbocycles. The predicted molar refractivity (Wildman–Crippen MR) is 60.0 cm³/mol. The molecule has 0 aliphatic carbocycles. The number of rotatable bonds is 2. The van der Waals surface area contributed by atoms with Gasteiger partial charge in [0.1, 0.15) is 17.3 Å². The molecule has 76 valence electrons. The summed E-state index contributed by atoms with van der Waals surface area (Å²) in [6, 6.07) is 10.4. The average Bonchev–Trinajstić information content (AvgIpc) is 2.25. The molecule has 0 spiro atoms. The Labute approximate surface area is 87.4 Å². The molecular formula is C11H11N3O. The van der Waals surface area contributed by atoms with Crippen LogP contribution in [0.2, 0.25) is 0 Å². The number of aromatic hydroxyl groups is 1. The van der Waals surface area contributed by atoms with Crippen LogP contribution >= 0.6 is 0 Å². The average molecular weight is 201 g/mol. The fourth-order valence-corrected chi connectivity index (χ4v) is 1.26. The molecule has 0 unspecified atom stereocenters. The highest BCUT2D eigenvalue weighted by Gasteiger charge is 2.04. The van der Waals surface area contributed by atoms with E-state index in [9.17, 15) is 5.11 Å². The minimum Gasteiger partial charge on any atom is -0.506 e. The lowest BCUT2D eigenvalue weighted by Gasteiger charge is -2.09. The topological polar surface area (TPSA) is 71.2 Å². The van der Waals surface area contributed by atoms with Crippen molar-refractivity contribution in [1.29, 1.82) is 0 Å². The molecule has 0 aliphatic rings. The van der Waals surface area contributed by atoms with Crippen LogP contribution in [-0.2, 0) is 0 Å². The predicted octanol–water partition coefficient (Wildman–Crippen LogP) is 2.11. The van der Waals surface area contributed by atoms with Crippen LogP contribution in [0.4, 0.5) is 17.2 Å². The van der Waals surface area contributed by atoms with Gasteiger partial charge in [-0.3, -0.25) is 0 Å². The Morgan fingerprint density at radius 3 is 2.67 bits per heavy atom. The van der Waals surface area contributed by atoms with Crippen LogP contribution in [0.25, 0.3) is 0 Å². The molecule has 2 aromatic rings. The van der Waals surface area contributed by atoms with Crippen molar-refractivity contribution in [1.82, 2.24) is 4.98 Å². The zero-order chi connectivity index (χ0) is 10.7. The van der Waals surface area contributed by atoms with Crippen LogP contribution < -0.4 is 11.1 Å². The van der Waals surface area contributed by atoms with Crippen molar-refractivity contribution in [2.45, 2.75) is 0 Å². The molecule has 1 aromatic heterocycles. The Balaban J connectivity index is 2.32. The molecule has 0 saturated heterocycles. The van der Waals surface area contributed by atoms with E-state index < -0.39 is 0 Å². The normalized spacial score (nSPS) is 9.87. The maximum absolute atomic E-state index is 9.58. The highest BCUT2D eigenvalue weighted by Crippen LogP contribution is 2.31. The lowest BCUT2D eigenvalue weighted by molar-refractivity contribution is 0.478. The summed E-state index contributed by atoms with van der Waals surface area (Å²) in [6.45, 7) is 0. The number of nitrogens with zero attached hydrogens (tertiary/aromatic N) is 1. The van der Waals surface area contributed by atoms with Gasteiger partial charge in [0.15, 0.2) is 0 Å². The van der Waals surface area contributed by atoms with Crippen LogP contribution in [0.5, 0.6) is 5.75 Å². The molecule has 2 rings (SSSR count). The molecule has 0 amide bonds. The zero-order valence-electron chi connectivity index (χ0n) is 8.01. The Hall–Kier alpha value is -2.23. The standard InChI is InChI=1S/C11H11N3O/c12-8-4-3-5-9(15)11(8)14-10-6-1-2-7-13-10/h1-7,15H,12H2,(H,13,14). The van der Waals surface area contributed by atoms with Crippen molar-refractivity contribution >= 4 is 17.2 Å². The van der Waals surface area contributed by atoms with Crippen molar-refractivity contribution in [3.05, 3.63) is 42.6 Å². The second-order valence-electron chi connectivity index (χ2n) is 3.08. The lowest BCUT2D eigenvalue weighted by atomic mass is 10.2. The Morgan fingerprint density at radius 2 is 2.00 bits per heavy atom. The molecule has 4 nitrogen and oxygen atoms in total. The SMILES string of the molecule is Nc1cccc(O)c1Nc1ccccn1. The lowest BCUT2D eigenvalue weighted by Crippen LogP contribution is -1.97. The summed E-state index contributed by atoms with van der Waals surface area (Å²) < 4.78 is 0. The van der Waals surface area contributed by atoms with Gasteiger partial charge in [-0.05, 0) is 24.3 Å². The first-order valence-corrected chi connectivity index (χ1v) is 4.53. The summed E-state index contributed by atoms with van der Waals surface area (Å²) in [5, 5.41) is 12.5. The van der Waals surface area contributed by atoms with E-state index in [1.165, 1.54) is 0 Å². The third kappa shape index (κ3) is 1.99. The summed E-state index contributed by atoms with van der Waals surface area (Å²) in [7, 11) is 0. The Kier molecular flexibility index (Phi) is 2.41. The number of benzene rings is 1. The number of phenolic OH excluding ortho intramolecular Hbond substituents is 1. The monoisotopic (exact) mass is 201 g/mol. The first-order chi connectivity index (χ1) is 7.27. The first-order valence-electron chi connectivity index (χ1n) is 4.53. The van der Waals surface area contributed by atoms with Gasteiger partial charge in [-0.2, -0.15) is 0 Å². The molecule has 1 heterocycles. The van der Waals surface area contributed by atoms with E-state index in [1.807, 2.05) is 12.1 Å². The molecule has 4 heteroatoms. The molecule has 0 radical (unpaired) electrons. The van der Waals surface area contributed by atoms with Crippen molar-refractivity contribution in [2.75, 3.05) is 11.1 Å². The summed E-state index contributed by atoms with van der Waals surface area (Å²) in [5.41, 5.74) is 6.69. The number of aromatic nitrogens is 1. The minimum atomic E-state index is 0.112. The molecule has 15 heavy (non-hydrogen) atoms. The van der Waals surface area contributed by atoms with Gasteiger partial charge in [0.05, 0.1) is 5.69 Å². The molecule has 0 bridgehead atoms. The van der Waals surface area contributed by atoms with E-state index in [0.29, 0.717) is 17.2 Å². The van der Waals surface area contributed by atoms with Crippen molar-refractivity contribution in [2.24, 2.45) is 0 Å². The van der Waals surface area contributed by atoms with Crippen LogP contribution in [0.15, 0.2) is 42.6 Å². The fraction of sp³-hybridized carbons (Fsp3) is 0. The van der Waals surface area contributed by atoms with Gasteiger partial charge in [0.2, 0.25) is 0 Å². The highest BCUT2D eigenvalue weighted by atomic mass is 16.3. The Morgan fingerprint density at radius 1 is 1.13 bits per heavy atom. The highest BCUT2D eigenvalue weighted by molar-refractivity contribution is 5.77. The van der Waals surface area contributed by atoms with Gasteiger partial charge in [0.25, 0.3) is 0 Å².